The standard InChI is InChI=1S/C13H21NOS/c1-10-9-13(15-3)11(2)8-12(10)4-6-16-7-5-14/h8-9H,4-7,14H2,1-3H3. The second-order valence-electron chi connectivity index (χ2n) is 3.90. The second-order valence-corrected chi connectivity index (χ2v) is 5.12. The van der Waals surface area contributed by atoms with Crippen molar-refractivity contribution in [2.24, 2.45) is 5.73 Å². The van der Waals surface area contributed by atoms with E-state index < -0.39 is 0 Å². The third kappa shape index (κ3) is 3.72. The molecule has 3 heteroatoms. The molecule has 0 amide bonds. The summed E-state index contributed by atoms with van der Waals surface area (Å²) in [5.41, 5.74) is 9.41. The van der Waals surface area contributed by atoms with E-state index in [4.69, 9.17) is 10.5 Å². The Hall–Kier alpha value is -0.670. The van der Waals surface area contributed by atoms with Gasteiger partial charge in [0.05, 0.1) is 7.11 Å². The van der Waals surface area contributed by atoms with Crippen molar-refractivity contribution in [2.45, 2.75) is 20.3 Å². The van der Waals surface area contributed by atoms with Crippen LogP contribution in [0, 0.1) is 13.8 Å². The summed E-state index contributed by atoms with van der Waals surface area (Å²) < 4.78 is 5.30. The van der Waals surface area contributed by atoms with E-state index in [9.17, 15) is 0 Å². The Kier molecular flexibility index (Phi) is 5.71. The Morgan fingerprint density at radius 1 is 1.19 bits per heavy atom. The molecule has 0 aliphatic rings. The summed E-state index contributed by atoms with van der Waals surface area (Å²) in [6.07, 6.45) is 1.11. The maximum atomic E-state index is 5.46. The molecule has 0 radical (unpaired) electrons. The lowest BCUT2D eigenvalue weighted by atomic mass is 10.0. The summed E-state index contributed by atoms with van der Waals surface area (Å²) in [5, 5.41) is 0. The van der Waals surface area contributed by atoms with Crippen LogP contribution in [0.15, 0.2) is 12.1 Å². The summed E-state index contributed by atoms with van der Waals surface area (Å²) in [7, 11) is 1.72. The maximum absolute atomic E-state index is 5.46. The first-order valence-electron chi connectivity index (χ1n) is 5.61. The van der Waals surface area contributed by atoms with Crippen molar-refractivity contribution >= 4 is 11.8 Å². The number of methoxy groups -OCH3 is 1. The zero-order chi connectivity index (χ0) is 12.0. The number of hydrogen-bond acceptors (Lipinski definition) is 3. The topological polar surface area (TPSA) is 35.2 Å². The fourth-order valence-corrected chi connectivity index (χ4v) is 2.44. The zero-order valence-electron chi connectivity index (χ0n) is 10.4. The summed E-state index contributed by atoms with van der Waals surface area (Å²) in [5.74, 6) is 3.17. The van der Waals surface area contributed by atoms with Crippen molar-refractivity contribution in [1.29, 1.82) is 0 Å². The van der Waals surface area contributed by atoms with Gasteiger partial charge in [-0.2, -0.15) is 11.8 Å². The van der Waals surface area contributed by atoms with E-state index in [0.717, 1.165) is 30.2 Å². The van der Waals surface area contributed by atoms with Crippen molar-refractivity contribution in [3.8, 4) is 5.75 Å². The Balaban J connectivity index is 2.63. The normalized spacial score (nSPS) is 10.5. The minimum absolute atomic E-state index is 0.769. The lowest BCUT2D eigenvalue weighted by Gasteiger charge is -2.11. The Bertz CT molecular complexity index is 339. The first-order valence-corrected chi connectivity index (χ1v) is 6.76. The summed E-state index contributed by atoms with van der Waals surface area (Å²) in [6, 6.07) is 4.36. The summed E-state index contributed by atoms with van der Waals surface area (Å²) in [4.78, 5) is 0. The smallest absolute Gasteiger partial charge is 0.122 e. The predicted octanol–water partition coefficient (Wildman–Crippen LogP) is 2.55. The highest BCUT2D eigenvalue weighted by molar-refractivity contribution is 7.99. The predicted molar refractivity (Wildman–Crippen MR) is 72.6 cm³/mol. The molecule has 0 spiro atoms. The van der Waals surface area contributed by atoms with Crippen LogP contribution >= 0.6 is 11.8 Å². The van der Waals surface area contributed by atoms with Crippen LogP contribution < -0.4 is 10.5 Å². The van der Waals surface area contributed by atoms with Gasteiger partial charge in [-0.25, -0.2) is 0 Å². The molecule has 0 aromatic heterocycles. The number of ether oxygens (including phenoxy) is 1. The first kappa shape index (κ1) is 13.4. The largest absolute Gasteiger partial charge is 0.496 e. The van der Waals surface area contributed by atoms with E-state index in [1.54, 1.807) is 7.11 Å². The van der Waals surface area contributed by atoms with Crippen LogP contribution in [-0.4, -0.2) is 25.2 Å². The number of thioether (sulfide) groups is 1. The molecule has 16 heavy (non-hydrogen) atoms. The van der Waals surface area contributed by atoms with Gasteiger partial charge in [0.2, 0.25) is 0 Å². The monoisotopic (exact) mass is 239 g/mol. The summed E-state index contributed by atoms with van der Waals surface area (Å²) >= 11 is 1.92. The van der Waals surface area contributed by atoms with Crippen molar-refractivity contribution < 1.29 is 4.74 Å². The van der Waals surface area contributed by atoms with Gasteiger partial charge < -0.3 is 10.5 Å². The highest BCUT2D eigenvalue weighted by atomic mass is 32.2. The molecule has 1 rings (SSSR count). The van der Waals surface area contributed by atoms with E-state index in [1.807, 2.05) is 11.8 Å². The van der Waals surface area contributed by atoms with Crippen LogP contribution in [0.25, 0.3) is 0 Å². The molecular weight excluding hydrogens is 218 g/mol. The molecule has 0 heterocycles. The van der Waals surface area contributed by atoms with Crippen LogP contribution in [0.3, 0.4) is 0 Å². The molecule has 0 bridgehead atoms. The average molecular weight is 239 g/mol. The minimum Gasteiger partial charge on any atom is -0.496 e. The lowest BCUT2D eigenvalue weighted by molar-refractivity contribution is 0.411. The van der Waals surface area contributed by atoms with Crippen LogP contribution in [-0.2, 0) is 6.42 Å². The van der Waals surface area contributed by atoms with Gasteiger partial charge >= 0.3 is 0 Å². The fourth-order valence-electron chi connectivity index (χ4n) is 1.71. The van der Waals surface area contributed by atoms with Crippen LogP contribution in [0.1, 0.15) is 16.7 Å². The van der Waals surface area contributed by atoms with Gasteiger partial charge in [-0.3, -0.25) is 0 Å². The van der Waals surface area contributed by atoms with Crippen molar-refractivity contribution in [3.05, 3.63) is 28.8 Å². The zero-order valence-corrected chi connectivity index (χ0v) is 11.2. The first-order chi connectivity index (χ1) is 7.69. The van der Waals surface area contributed by atoms with Gasteiger partial charge in [0.25, 0.3) is 0 Å². The molecule has 0 fully saturated rings. The van der Waals surface area contributed by atoms with Crippen LogP contribution in [0.2, 0.25) is 0 Å². The fraction of sp³-hybridized carbons (Fsp3) is 0.538. The Morgan fingerprint density at radius 3 is 2.56 bits per heavy atom. The highest BCUT2D eigenvalue weighted by Gasteiger charge is 2.04. The van der Waals surface area contributed by atoms with Crippen LogP contribution in [0.5, 0.6) is 5.75 Å². The number of nitrogens with two attached hydrogens (primary N) is 1. The third-order valence-electron chi connectivity index (χ3n) is 2.63. The molecule has 0 atom stereocenters. The number of hydrogen-bond donors (Lipinski definition) is 1. The molecule has 0 unspecified atom stereocenters. The quantitative estimate of drug-likeness (QED) is 0.775. The molecule has 0 saturated carbocycles. The number of benzene rings is 1. The lowest BCUT2D eigenvalue weighted by Crippen LogP contribution is -2.03. The number of aryl methyl sites for hydroxylation is 3. The van der Waals surface area contributed by atoms with Gasteiger partial charge in [0, 0.05) is 12.3 Å². The van der Waals surface area contributed by atoms with E-state index in [-0.39, 0.29) is 0 Å². The van der Waals surface area contributed by atoms with Crippen molar-refractivity contribution in [3.63, 3.8) is 0 Å². The van der Waals surface area contributed by atoms with Gasteiger partial charge in [-0.1, -0.05) is 6.07 Å². The molecule has 2 nitrogen and oxygen atoms in total. The van der Waals surface area contributed by atoms with E-state index >= 15 is 0 Å². The van der Waals surface area contributed by atoms with E-state index in [2.05, 4.69) is 26.0 Å². The summed E-state index contributed by atoms with van der Waals surface area (Å²) in [6.45, 7) is 5.00. The van der Waals surface area contributed by atoms with Gasteiger partial charge in [0.1, 0.15) is 5.75 Å². The molecule has 0 aliphatic carbocycles. The Labute approximate surface area is 103 Å². The SMILES string of the molecule is COc1cc(C)c(CCSCCN)cc1C. The van der Waals surface area contributed by atoms with Gasteiger partial charge in [-0.15, -0.1) is 0 Å². The highest BCUT2D eigenvalue weighted by Crippen LogP contribution is 2.23. The van der Waals surface area contributed by atoms with Crippen molar-refractivity contribution in [1.82, 2.24) is 0 Å². The molecule has 90 valence electrons. The molecule has 0 aliphatic heterocycles. The third-order valence-corrected chi connectivity index (χ3v) is 3.65. The molecule has 2 N–H and O–H groups in total. The average Bonchev–Trinajstić information content (AvgIpc) is 2.28. The van der Waals surface area contributed by atoms with Crippen LogP contribution in [0.4, 0.5) is 0 Å². The molecular formula is C13H21NOS. The minimum atomic E-state index is 0.769. The maximum Gasteiger partial charge on any atom is 0.122 e. The second kappa shape index (κ2) is 6.81. The molecule has 1 aromatic rings. The van der Waals surface area contributed by atoms with E-state index in [1.165, 1.54) is 16.7 Å². The van der Waals surface area contributed by atoms with Gasteiger partial charge in [-0.05, 0) is 48.8 Å². The van der Waals surface area contributed by atoms with E-state index in [0.29, 0.717) is 0 Å². The van der Waals surface area contributed by atoms with Crippen molar-refractivity contribution in [2.75, 3.05) is 25.2 Å². The molecule has 1 aromatic carbocycles. The Morgan fingerprint density at radius 2 is 1.94 bits per heavy atom. The van der Waals surface area contributed by atoms with Gasteiger partial charge in [0.15, 0.2) is 0 Å². The number of rotatable bonds is 6. The molecule has 0 saturated heterocycles.